The fraction of sp³-hybridized carbons (Fsp3) is 0.158. The van der Waals surface area contributed by atoms with Gasteiger partial charge >= 0.3 is 0 Å². The normalized spacial score (nSPS) is 13.3. The van der Waals surface area contributed by atoms with E-state index in [1.54, 1.807) is 6.07 Å². The molecule has 0 bridgehead atoms. The van der Waals surface area contributed by atoms with Gasteiger partial charge in [-0.2, -0.15) is 5.26 Å². The van der Waals surface area contributed by atoms with Crippen LogP contribution in [0.5, 0.6) is 0 Å². The number of hydrogen-bond donors (Lipinski definition) is 2. The van der Waals surface area contributed by atoms with Gasteiger partial charge in [0.25, 0.3) is 0 Å². The van der Waals surface area contributed by atoms with Gasteiger partial charge < -0.3 is 10.6 Å². The van der Waals surface area contributed by atoms with Gasteiger partial charge in [0.1, 0.15) is 11.8 Å². The van der Waals surface area contributed by atoms with Crippen LogP contribution in [0.4, 0.5) is 11.4 Å². The highest BCUT2D eigenvalue weighted by Crippen LogP contribution is 2.28. The van der Waals surface area contributed by atoms with Crippen LogP contribution >= 0.6 is 0 Å². The summed E-state index contributed by atoms with van der Waals surface area (Å²) in [6, 6.07) is 18.3. The molecule has 0 spiro atoms. The Balaban J connectivity index is 1.76. The van der Waals surface area contributed by atoms with E-state index in [0.29, 0.717) is 5.69 Å². The molecule has 0 atom stereocenters. The lowest BCUT2D eigenvalue weighted by Crippen LogP contribution is -2.23. The van der Waals surface area contributed by atoms with E-state index in [9.17, 15) is 5.26 Å². The van der Waals surface area contributed by atoms with Gasteiger partial charge in [-0.05, 0) is 48.4 Å². The molecule has 0 aliphatic carbocycles. The maximum absolute atomic E-state index is 9.20. The van der Waals surface area contributed by atoms with Crippen LogP contribution in [-0.4, -0.2) is 11.5 Å². The monoisotopic (exact) mass is 300 g/mol. The lowest BCUT2D eigenvalue weighted by Gasteiger charge is -2.18. The zero-order chi connectivity index (χ0) is 15.6. The van der Waals surface area contributed by atoms with Crippen LogP contribution in [0.15, 0.2) is 48.5 Å². The van der Waals surface area contributed by atoms with E-state index in [1.165, 1.54) is 11.1 Å². The van der Waals surface area contributed by atoms with Crippen LogP contribution < -0.4 is 10.6 Å². The molecule has 2 N–H and O–H groups in total. The second kappa shape index (κ2) is 5.71. The van der Waals surface area contributed by atoms with Crippen molar-refractivity contribution in [2.45, 2.75) is 13.0 Å². The third-order valence-corrected chi connectivity index (χ3v) is 4.20. The lowest BCUT2D eigenvalue weighted by atomic mass is 10.0. The highest BCUT2D eigenvalue weighted by Gasteiger charge is 2.10. The van der Waals surface area contributed by atoms with Crippen molar-refractivity contribution in [1.29, 1.82) is 5.26 Å². The summed E-state index contributed by atoms with van der Waals surface area (Å²) in [4.78, 5) is 4.36. The quantitative estimate of drug-likeness (QED) is 0.760. The standard InChI is InChI=1S/C19H16N4/c20-11-16-10-19(17-3-1-2-4-18(17)23-16)22-15-6-5-13-7-8-21-12-14(13)9-15/h1-6,9-10,21H,7-8,12H2,(H,22,23). The molecule has 1 aliphatic rings. The topological polar surface area (TPSA) is 60.7 Å². The van der Waals surface area contributed by atoms with Gasteiger partial charge in [0.2, 0.25) is 0 Å². The maximum Gasteiger partial charge on any atom is 0.143 e. The van der Waals surface area contributed by atoms with Crippen molar-refractivity contribution in [1.82, 2.24) is 10.3 Å². The second-order valence-corrected chi connectivity index (χ2v) is 5.72. The summed E-state index contributed by atoms with van der Waals surface area (Å²) in [5, 5.41) is 17.1. The molecule has 23 heavy (non-hydrogen) atoms. The number of fused-ring (bicyclic) bond motifs is 2. The van der Waals surface area contributed by atoms with Crippen LogP contribution in [0.3, 0.4) is 0 Å². The van der Waals surface area contributed by atoms with Crippen LogP contribution in [0.1, 0.15) is 16.8 Å². The van der Waals surface area contributed by atoms with Crippen LogP contribution in [-0.2, 0) is 13.0 Å². The van der Waals surface area contributed by atoms with Gasteiger partial charge in [-0.1, -0.05) is 24.3 Å². The SMILES string of the molecule is N#Cc1cc(Nc2ccc3c(c2)CNCC3)c2ccccc2n1. The third-order valence-electron chi connectivity index (χ3n) is 4.20. The summed E-state index contributed by atoms with van der Waals surface area (Å²) < 4.78 is 0. The van der Waals surface area contributed by atoms with Crippen LogP contribution in [0, 0.1) is 11.3 Å². The summed E-state index contributed by atoms with van der Waals surface area (Å²) in [5.74, 6) is 0. The molecule has 4 nitrogen and oxygen atoms in total. The van der Waals surface area contributed by atoms with Crippen molar-refractivity contribution in [3.8, 4) is 6.07 Å². The molecule has 3 aromatic rings. The Bertz CT molecular complexity index is 924. The molecule has 1 aliphatic heterocycles. The van der Waals surface area contributed by atoms with Crippen LogP contribution in [0.2, 0.25) is 0 Å². The number of nitrogens with one attached hydrogen (secondary N) is 2. The molecule has 0 saturated heterocycles. The molecule has 0 fully saturated rings. The van der Waals surface area contributed by atoms with Crippen molar-refractivity contribution >= 4 is 22.3 Å². The van der Waals surface area contributed by atoms with Crippen molar-refractivity contribution in [3.05, 3.63) is 65.4 Å². The minimum atomic E-state index is 0.422. The number of benzene rings is 2. The van der Waals surface area contributed by atoms with E-state index < -0.39 is 0 Å². The summed E-state index contributed by atoms with van der Waals surface area (Å²) in [5.41, 5.74) is 5.94. The molecule has 0 saturated carbocycles. The first-order valence-corrected chi connectivity index (χ1v) is 7.73. The molecule has 0 radical (unpaired) electrons. The van der Waals surface area contributed by atoms with E-state index >= 15 is 0 Å². The summed E-state index contributed by atoms with van der Waals surface area (Å²) in [6.45, 7) is 1.95. The molecule has 0 unspecified atom stereocenters. The van der Waals surface area contributed by atoms with Gasteiger partial charge in [0.05, 0.1) is 11.2 Å². The Morgan fingerprint density at radius 3 is 2.91 bits per heavy atom. The largest absolute Gasteiger partial charge is 0.355 e. The summed E-state index contributed by atoms with van der Waals surface area (Å²) in [7, 11) is 0. The number of aromatic nitrogens is 1. The second-order valence-electron chi connectivity index (χ2n) is 5.72. The lowest BCUT2D eigenvalue weighted by molar-refractivity contribution is 0.644. The Labute approximate surface area is 134 Å². The van der Waals surface area contributed by atoms with Gasteiger partial charge in [-0.25, -0.2) is 4.98 Å². The molecule has 2 aromatic carbocycles. The minimum absolute atomic E-state index is 0.422. The minimum Gasteiger partial charge on any atom is -0.355 e. The average molecular weight is 300 g/mol. The number of hydrogen-bond acceptors (Lipinski definition) is 4. The van der Waals surface area contributed by atoms with Crippen molar-refractivity contribution in [2.24, 2.45) is 0 Å². The third kappa shape index (κ3) is 2.63. The van der Waals surface area contributed by atoms with Crippen LogP contribution in [0.25, 0.3) is 10.9 Å². The molecular formula is C19H16N4. The number of nitrogens with zero attached hydrogens (tertiary/aromatic N) is 2. The summed E-state index contributed by atoms with van der Waals surface area (Å²) >= 11 is 0. The molecule has 2 heterocycles. The molecular weight excluding hydrogens is 284 g/mol. The fourth-order valence-electron chi connectivity index (χ4n) is 3.05. The highest BCUT2D eigenvalue weighted by molar-refractivity contribution is 5.93. The van der Waals surface area contributed by atoms with Gasteiger partial charge in [-0.15, -0.1) is 0 Å². The van der Waals surface area contributed by atoms with Crippen molar-refractivity contribution in [3.63, 3.8) is 0 Å². The van der Waals surface area contributed by atoms with E-state index in [4.69, 9.17) is 0 Å². The average Bonchev–Trinajstić information content (AvgIpc) is 2.61. The highest BCUT2D eigenvalue weighted by atomic mass is 14.9. The van der Waals surface area contributed by atoms with Crippen molar-refractivity contribution < 1.29 is 0 Å². The van der Waals surface area contributed by atoms with E-state index in [2.05, 4.69) is 39.9 Å². The molecule has 112 valence electrons. The summed E-state index contributed by atoms with van der Waals surface area (Å²) in [6.07, 6.45) is 1.08. The number of nitriles is 1. The van der Waals surface area contributed by atoms with E-state index in [1.807, 2.05) is 24.3 Å². The molecule has 1 aromatic heterocycles. The Kier molecular flexibility index (Phi) is 3.41. The van der Waals surface area contributed by atoms with Gasteiger partial charge in [0, 0.05) is 17.6 Å². The van der Waals surface area contributed by atoms with Gasteiger partial charge in [0.15, 0.2) is 0 Å². The Hall–Kier alpha value is -2.90. The predicted molar refractivity (Wildman–Crippen MR) is 91.6 cm³/mol. The first kappa shape index (κ1) is 13.7. The van der Waals surface area contributed by atoms with E-state index in [0.717, 1.165) is 41.8 Å². The smallest absolute Gasteiger partial charge is 0.143 e. The zero-order valence-electron chi connectivity index (χ0n) is 12.6. The zero-order valence-corrected chi connectivity index (χ0v) is 12.6. The molecule has 4 rings (SSSR count). The fourth-order valence-corrected chi connectivity index (χ4v) is 3.05. The van der Waals surface area contributed by atoms with Crippen molar-refractivity contribution in [2.75, 3.05) is 11.9 Å². The van der Waals surface area contributed by atoms with Gasteiger partial charge in [-0.3, -0.25) is 0 Å². The first-order chi connectivity index (χ1) is 11.3. The maximum atomic E-state index is 9.20. The molecule has 0 amide bonds. The first-order valence-electron chi connectivity index (χ1n) is 7.73. The predicted octanol–water partition coefficient (Wildman–Crippen LogP) is 3.50. The number of rotatable bonds is 2. The molecule has 4 heteroatoms. The number of para-hydroxylation sites is 1. The van der Waals surface area contributed by atoms with E-state index in [-0.39, 0.29) is 0 Å². The number of pyridine rings is 1. The Morgan fingerprint density at radius 2 is 2.00 bits per heavy atom. The number of anilines is 2. The Morgan fingerprint density at radius 1 is 1.09 bits per heavy atom.